The first kappa shape index (κ1) is 14.9. The lowest BCUT2D eigenvalue weighted by atomic mass is 9.75. The molecule has 0 bridgehead atoms. The second-order valence-corrected chi connectivity index (χ2v) is 5.67. The molecular weight excluding hydrogens is 214 g/mol. The van der Waals surface area contributed by atoms with Crippen molar-refractivity contribution in [2.24, 2.45) is 11.7 Å². The Morgan fingerprint density at radius 2 is 1.88 bits per heavy atom. The highest BCUT2D eigenvalue weighted by Gasteiger charge is 2.40. The van der Waals surface area contributed by atoms with Crippen molar-refractivity contribution in [3.63, 3.8) is 0 Å². The summed E-state index contributed by atoms with van der Waals surface area (Å²) in [6.07, 6.45) is 4.82. The fraction of sp³-hybridized carbons (Fsp3) is 1.00. The Kier molecular flexibility index (Phi) is 5.90. The molecule has 3 heteroatoms. The Morgan fingerprint density at radius 1 is 1.29 bits per heavy atom. The van der Waals surface area contributed by atoms with Crippen LogP contribution < -0.4 is 5.73 Å². The summed E-state index contributed by atoms with van der Waals surface area (Å²) >= 11 is 0. The van der Waals surface area contributed by atoms with E-state index in [4.69, 9.17) is 15.2 Å². The molecule has 1 atom stereocenters. The Hall–Kier alpha value is -0.120. The maximum absolute atomic E-state index is 6.31. The van der Waals surface area contributed by atoms with Gasteiger partial charge in [-0.05, 0) is 52.4 Å². The normalized spacial score (nSPS) is 31.8. The van der Waals surface area contributed by atoms with Gasteiger partial charge in [0, 0.05) is 6.61 Å². The summed E-state index contributed by atoms with van der Waals surface area (Å²) in [7, 11) is 0. The quantitative estimate of drug-likeness (QED) is 0.780. The number of rotatable bonds is 6. The van der Waals surface area contributed by atoms with Gasteiger partial charge < -0.3 is 15.2 Å². The molecule has 0 saturated heterocycles. The van der Waals surface area contributed by atoms with Gasteiger partial charge in [-0.1, -0.05) is 6.92 Å². The fourth-order valence-electron chi connectivity index (χ4n) is 2.61. The van der Waals surface area contributed by atoms with Crippen molar-refractivity contribution >= 4 is 0 Å². The third-order valence-corrected chi connectivity index (χ3v) is 3.84. The van der Waals surface area contributed by atoms with Crippen LogP contribution in [-0.2, 0) is 9.47 Å². The summed E-state index contributed by atoms with van der Waals surface area (Å²) in [4.78, 5) is 0. The van der Waals surface area contributed by atoms with Crippen molar-refractivity contribution in [3.05, 3.63) is 0 Å². The molecule has 0 aromatic rings. The Morgan fingerprint density at radius 3 is 2.35 bits per heavy atom. The minimum Gasteiger partial charge on any atom is -0.377 e. The molecule has 1 rings (SSSR count). The van der Waals surface area contributed by atoms with Gasteiger partial charge in [-0.3, -0.25) is 0 Å². The van der Waals surface area contributed by atoms with E-state index in [1.807, 2.05) is 13.8 Å². The van der Waals surface area contributed by atoms with E-state index in [2.05, 4.69) is 13.8 Å². The third kappa shape index (κ3) is 4.23. The molecule has 0 aliphatic heterocycles. The molecule has 102 valence electrons. The van der Waals surface area contributed by atoms with Crippen molar-refractivity contribution in [1.82, 2.24) is 0 Å². The van der Waals surface area contributed by atoms with E-state index in [0.29, 0.717) is 6.61 Å². The van der Waals surface area contributed by atoms with Crippen LogP contribution in [-0.4, -0.2) is 31.0 Å². The zero-order valence-corrected chi connectivity index (χ0v) is 11.9. The summed E-state index contributed by atoms with van der Waals surface area (Å²) in [6, 6.07) is -0.00245. The third-order valence-electron chi connectivity index (χ3n) is 3.84. The SMILES string of the molecule is CCOC1(C(N)COC(C)C)CCC(C)CC1. The van der Waals surface area contributed by atoms with Crippen molar-refractivity contribution in [2.45, 2.75) is 71.1 Å². The van der Waals surface area contributed by atoms with Gasteiger partial charge in [-0.15, -0.1) is 0 Å². The Bertz CT molecular complexity index is 210. The van der Waals surface area contributed by atoms with E-state index in [9.17, 15) is 0 Å². The average molecular weight is 243 g/mol. The largest absolute Gasteiger partial charge is 0.377 e. The minimum absolute atomic E-state index is 0.00245. The van der Waals surface area contributed by atoms with Gasteiger partial charge in [0.2, 0.25) is 0 Å². The monoisotopic (exact) mass is 243 g/mol. The van der Waals surface area contributed by atoms with Gasteiger partial charge in [-0.25, -0.2) is 0 Å². The van der Waals surface area contributed by atoms with Gasteiger partial charge in [0.1, 0.15) is 0 Å². The highest BCUT2D eigenvalue weighted by molar-refractivity contribution is 4.95. The molecule has 0 aromatic carbocycles. The van der Waals surface area contributed by atoms with E-state index in [1.165, 1.54) is 12.8 Å². The van der Waals surface area contributed by atoms with Gasteiger partial charge in [-0.2, -0.15) is 0 Å². The standard InChI is InChI=1S/C14H29NO2/c1-5-17-14(8-6-12(4)7-9-14)13(15)10-16-11(2)3/h11-13H,5-10,15H2,1-4H3. The van der Waals surface area contributed by atoms with E-state index in [0.717, 1.165) is 25.4 Å². The van der Waals surface area contributed by atoms with Crippen LogP contribution in [0.3, 0.4) is 0 Å². The number of hydrogen-bond donors (Lipinski definition) is 1. The zero-order chi connectivity index (χ0) is 12.9. The highest BCUT2D eigenvalue weighted by atomic mass is 16.5. The summed E-state index contributed by atoms with van der Waals surface area (Å²) in [5.74, 6) is 0.807. The van der Waals surface area contributed by atoms with Crippen LogP contribution in [0.4, 0.5) is 0 Å². The molecule has 0 heterocycles. The Balaban J connectivity index is 2.57. The second-order valence-electron chi connectivity index (χ2n) is 5.67. The lowest BCUT2D eigenvalue weighted by Crippen LogP contribution is -2.54. The molecule has 3 nitrogen and oxygen atoms in total. The van der Waals surface area contributed by atoms with Crippen molar-refractivity contribution in [2.75, 3.05) is 13.2 Å². The molecule has 1 aliphatic rings. The maximum Gasteiger partial charge on any atom is 0.0855 e. The summed E-state index contributed by atoms with van der Waals surface area (Å²) in [6.45, 7) is 9.80. The minimum atomic E-state index is -0.143. The molecule has 0 aromatic heterocycles. The number of ether oxygens (including phenoxy) is 2. The molecule has 1 unspecified atom stereocenters. The van der Waals surface area contributed by atoms with Crippen molar-refractivity contribution < 1.29 is 9.47 Å². The number of hydrogen-bond acceptors (Lipinski definition) is 3. The molecule has 1 saturated carbocycles. The average Bonchev–Trinajstić information content (AvgIpc) is 2.29. The van der Waals surface area contributed by atoms with Crippen molar-refractivity contribution in [1.29, 1.82) is 0 Å². The molecule has 1 fully saturated rings. The van der Waals surface area contributed by atoms with Gasteiger partial charge in [0.15, 0.2) is 0 Å². The van der Waals surface area contributed by atoms with Gasteiger partial charge in [0.25, 0.3) is 0 Å². The fourth-order valence-corrected chi connectivity index (χ4v) is 2.61. The van der Waals surface area contributed by atoms with Crippen LogP contribution in [0.5, 0.6) is 0 Å². The maximum atomic E-state index is 6.31. The van der Waals surface area contributed by atoms with E-state index >= 15 is 0 Å². The van der Waals surface area contributed by atoms with Crippen LogP contribution in [0.1, 0.15) is 53.4 Å². The molecule has 0 spiro atoms. The first-order chi connectivity index (χ1) is 8.00. The summed E-state index contributed by atoms with van der Waals surface area (Å²) in [5.41, 5.74) is 6.17. The van der Waals surface area contributed by atoms with Crippen LogP contribution >= 0.6 is 0 Å². The predicted molar refractivity (Wildman–Crippen MR) is 71.1 cm³/mol. The van der Waals surface area contributed by atoms with Crippen molar-refractivity contribution in [3.8, 4) is 0 Å². The second kappa shape index (κ2) is 6.72. The van der Waals surface area contributed by atoms with Crippen LogP contribution in [0.15, 0.2) is 0 Å². The topological polar surface area (TPSA) is 44.5 Å². The molecule has 1 aliphatic carbocycles. The molecule has 2 N–H and O–H groups in total. The lowest BCUT2D eigenvalue weighted by Gasteiger charge is -2.43. The van der Waals surface area contributed by atoms with E-state index in [-0.39, 0.29) is 17.7 Å². The van der Waals surface area contributed by atoms with E-state index < -0.39 is 0 Å². The van der Waals surface area contributed by atoms with Crippen LogP contribution in [0.2, 0.25) is 0 Å². The predicted octanol–water partition coefficient (Wildman–Crippen LogP) is 2.72. The van der Waals surface area contributed by atoms with Gasteiger partial charge in [0.05, 0.1) is 24.4 Å². The highest BCUT2D eigenvalue weighted by Crippen LogP contribution is 2.36. The Labute approximate surface area is 106 Å². The first-order valence-corrected chi connectivity index (χ1v) is 7.01. The smallest absolute Gasteiger partial charge is 0.0855 e. The van der Waals surface area contributed by atoms with Crippen LogP contribution in [0, 0.1) is 5.92 Å². The first-order valence-electron chi connectivity index (χ1n) is 7.01. The molecule has 0 radical (unpaired) electrons. The summed E-state index contributed by atoms with van der Waals surface area (Å²) < 4.78 is 11.7. The summed E-state index contributed by atoms with van der Waals surface area (Å²) in [5, 5.41) is 0. The van der Waals surface area contributed by atoms with E-state index in [1.54, 1.807) is 0 Å². The lowest BCUT2D eigenvalue weighted by molar-refractivity contribution is -0.106. The molecule has 0 amide bonds. The van der Waals surface area contributed by atoms with Gasteiger partial charge >= 0.3 is 0 Å². The zero-order valence-electron chi connectivity index (χ0n) is 11.9. The molecular formula is C14H29NO2. The number of nitrogens with two attached hydrogens (primary N) is 1. The van der Waals surface area contributed by atoms with Crippen LogP contribution in [0.25, 0.3) is 0 Å². The molecule has 17 heavy (non-hydrogen) atoms.